The minimum atomic E-state index is -1.70. The van der Waals surface area contributed by atoms with Gasteiger partial charge < -0.3 is 59.8 Å². The van der Waals surface area contributed by atoms with E-state index in [2.05, 4.69) is 0 Å². The molecule has 0 unspecified atom stereocenters. The molecule has 0 aromatic heterocycles. The van der Waals surface area contributed by atoms with Gasteiger partial charge in [0.25, 0.3) is 0 Å². The van der Waals surface area contributed by atoms with Gasteiger partial charge in [-0.25, -0.2) is 0 Å². The first-order valence-corrected chi connectivity index (χ1v) is 12.0. The first kappa shape index (κ1) is 28.2. The Bertz CT molecular complexity index is 1090. The molecule has 12 heteroatoms. The SMILES string of the molecule is C[C@@H]1O[C@@H](O[C@H]2[C@H](Oc3cc(O)cc(C=Cc4ccc(O)cc4)c3)O[C@H](CO)[C@@H](O)[C@@H]2O)[C@H](O)[C@H](O)[C@H]1O. The highest BCUT2D eigenvalue weighted by Crippen LogP contribution is 2.32. The van der Waals surface area contributed by atoms with Gasteiger partial charge in [0.05, 0.1) is 12.7 Å². The predicted octanol–water partition coefficient (Wildman–Crippen LogP) is -0.701. The van der Waals surface area contributed by atoms with E-state index in [1.807, 2.05) is 0 Å². The van der Waals surface area contributed by atoms with Gasteiger partial charge in [-0.2, -0.15) is 0 Å². The molecule has 10 atom stereocenters. The number of phenolic OH excluding ortho intramolecular Hbond substituents is 2. The summed E-state index contributed by atoms with van der Waals surface area (Å²) in [6.45, 7) is 0.796. The fraction of sp³-hybridized carbons (Fsp3) is 0.462. The van der Waals surface area contributed by atoms with Crippen molar-refractivity contribution in [1.29, 1.82) is 0 Å². The molecule has 0 bridgehead atoms. The van der Waals surface area contributed by atoms with Crippen molar-refractivity contribution in [3.8, 4) is 17.2 Å². The summed E-state index contributed by atoms with van der Waals surface area (Å²) in [6, 6.07) is 10.8. The van der Waals surface area contributed by atoms with E-state index in [-0.39, 0.29) is 17.2 Å². The highest BCUT2D eigenvalue weighted by atomic mass is 16.8. The summed E-state index contributed by atoms with van der Waals surface area (Å²) in [4.78, 5) is 0. The summed E-state index contributed by atoms with van der Waals surface area (Å²) in [5.41, 5.74) is 1.31. The lowest BCUT2D eigenvalue weighted by atomic mass is 9.97. The minimum Gasteiger partial charge on any atom is -0.508 e. The molecule has 0 spiro atoms. The Hall–Kier alpha value is -2.78. The van der Waals surface area contributed by atoms with Crippen LogP contribution in [0.3, 0.4) is 0 Å². The molecule has 38 heavy (non-hydrogen) atoms. The Labute approximate surface area is 218 Å². The second-order valence-electron chi connectivity index (χ2n) is 9.29. The third-order valence-electron chi connectivity index (χ3n) is 6.45. The van der Waals surface area contributed by atoms with Crippen LogP contribution in [0.5, 0.6) is 17.2 Å². The molecule has 2 saturated heterocycles. The van der Waals surface area contributed by atoms with Crippen molar-refractivity contribution < 1.29 is 59.8 Å². The van der Waals surface area contributed by atoms with E-state index >= 15 is 0 Å². The van der Waals surface area contributed by atoms with E-state index in [0.29, 0.717) is 5.56 Å². The summed E-state index contributed by atoms with van der Waals surface area (Å²) < 4.78 is 22.6. The predicted molar refractivity (Wildman–Crippen MR) is 131 cm³/mol. The fourth-order valence-corrected chi connectivity index (χ4v) is 4.26. The molecule has 12 nitrogen and oxygen atoms in total. The maximum atomic E-state index is 10.8. The second kappa shape index (κ2) is 11.9. The zero-order chi connectivity index (χ0) is 27.6. The highest BCUT2D eigenvalue weighted by Gasteiger charge is 2.50. The number of hydrogen-bond donors (Lipinski definition) is 8. The number of ether oxygens (including phenoxy) is 4. The van der Waals surface area contributed by atoms with Crippen LogP contribution < -0.4 is 4.74 Å². The molecular weight excluding hydrogens is 504 g/mol. The molecule has 0 radical (unpaired) electrons. The van der Waals surface area contributed by atoms with E-state index in [4.69, 9.17) is 18.9 Å². The Balaban J connectivity index is 1.56. The molecule has 208 valence electrons. The van der Waals surface area contributed by atoms with Gasteiger partial charge in [-0.3, -0.25) is 0 Å². The molecule has 4 rings (SSSR count). The molecule has 2 fully saturated rings. The van der Waals surface area contributed by atoms with Crippen molar-refractivity contribution in [3.05, 3.63) is 53.6 Å². The quantitative estimate of drug-likeness (QED) is 0.207. The minimum absolute atomic E-state index is 0.0863. The van der Waals surface area contributed by atoms with Crippen molar-refractivity contribution in [2.24, 2.45) is 0 Å². The van der Waals surface area contributed by atoms with Gasteiger partial charge in [0.1, 0.15) is 53.9 Å². The molecule has 0 saturated carbocycles. The van der Waals surface area contributed by atoms with Gasteiger partial charge in [-0.1, -0.05) is 24.3 Å². The van der Waals surface area contributed by atoms with Crippen LogP contribution in [0.4, 0.5) is 0 Å². The monoisotopic (exact) mass is 536 g/mol. The number of phenols is 2. The van der Waals surface area contributed by atoms with Gasteiger partial charge in [0.15, 0.2) is 12.4 Å². The standard InChI is InChI=1S/C26H32O12/c1-12-19(30)21(32)23(34)25(35-12)38-24-22(33)20(31)18(11-27)37-26(24)36-17-9-14(8-16(29)10-17)3-2-13-4-6-15(28)7-5-13/h2-10,12,18-34H,11H2,1H3/t12-,18+,19-,20+,21+,22-,23+,24+,25-,26+/m0/s1. The first-order valence-electron chi connectivity index (χ1n) is 12.0. The van der Waals surface area contributed by atoms with Gasteiger partial charge in [-0.05, 0) is 42.3 Å². The molecular formula is C26H32O12. The zero-order valence-corrected chi connectivity index (χ0v) is 20.4. The molecule has 8 N–H and O–H groups in total. The van der Waals surface area contributed by atoms with Crippen LogP contribution in [0.2, 0.25) is 0 Å². The van der Waals surface area contributed by atoms with Crippen LogP contribution in [0.1, 0.15) is 18.1 Å². The zero-order valence-electron chi connectivity index (χ0n) is 20.4. The summed E-state index contributed by atoms with van der Waals surface area (Å²) in [6.07, 6.45) is -11.2. The number of hydrogen-bond acceptors (Lipinski definition) is 12. The van der Waals surface area contributed by atoms with Crippen LogP contribution in [-0.4, -0.2) is 109 Å². The molecule has 2 aromatic carbocycles. The van der Waals surface area contributed by atoms with Crippen molar-refractivity contribution in [2.75, 3.05) is 6.61 Å². The van der Waals surface area contributed by atoms with E-state index in [9.17, 15) is 40.9 Å². The van der Waals surface area contributed by atoms with Crippen LogP contribution in [-0.2, 0) is 14.2 Å². The molecule has 2 aliphatic heterocycles. The summed E-state index contributed by atoms with van der Waals surface area (Å²) in [7, 11) is 0. The van der Waals surface area contributed by atoms with E-state index in [1.165, 1.54) is 31.2 Å². The van der Waals surface area contributed by atoms with Crippen LogP contribution in [0.15, 0.2) is 42.5 Å². The van der Waals surface area contributed by atoms with Crippen molar-refractivity contribution in [2.45, 2.75) is 68.3 Å². The maximum absolute atomic E-state index is 10.8. The lowest BCUT2D eigenvalue weighted by Gasteiger charge is -2.45. The van der Waals surface area contributed by atoms with Crippen LogP contribution >= 0.6 is 0 Å². The van der Waals surface area contributed by atoms with E-state index < -0.39 is 68.0 Å². The normalized spacial score (nSPS) is 35.9. The van der Waals surface area contributed by atoms with Crippen molar-refractivity contribution in [1.82, 2.24) is 0 Å². The average Bonchev–Trinajstić information content (AvgIpc) is 2.89. The number of aliphatic hydroxyl groups is 6. The molecule has 0 amide bonds. The fourth-order valence-electron chi connectivity index (χ4n) is 4.26. The number of aliphatic hydroxyl groups excluding tert-OH is 6. The summed E-state index contributed by atoms with van der Waals surface area (Å²) in [5, 5.41) is 80.8. The number of aromatic hydroxyl groups is 2. The Kier molecular flexibility index (Phi) is 8.88. The number of rotatable bonds is 7. The van der Waals surface area contributed by atoms with Crippen LogP contribution in [0, 0.1) is 0 Å². The van der Waals surface area contributed by atoms with Crippen molar-refractivity contribution >= 4 is 12.2 Å². The van der Waals surface area contributed by atoms with Gasteiger partial charge in [0, 0.05) is 6.07 Å². The van der Waals surface area contributed by atoms with Crippen LogP contribution in [0.25, 0.3) is 12.2 Å². The summed E-state index contributed by atoms with van der Waals surface area (Å²) >= 11 is 0. The topological polar surface area (TPSA) is 199 Å². The number of benzene rings is 2. The molecule has 2 aliphatic rings. The Morgan fingerprint density at radius 2 is 1.42 bits per heavy atom. The summed E-state index contributed by atoms with van der Waals surface area (Å²) in [5.74, 6) is 0.0554. The van der Waals surface area contributed by atoms with E-state index in [0.717, 1.165) is 5.56 Å². The molecule has 2 aromatic rings. The third kappa shape index (κ3) is 6.26. The Morgan fingerprint density at radius 1 is 0.737 bits per heavy atom. The van der Waals surface area contributed by atoms with Gasteiger partial charge in [0.2, 0.25) is 6.29 Å². The lowest BCUT2D eigenvalue weighted by Crippen LogP contribution is -2.64. The Morgan fingerprint density at radius 3 is 2.11 bits per heavy atom. The average molecular weight is 537 g/mol. The smallest absolute Gasteiger partial charge is 0.229 e. The first-order chi connectivity index (χ1) is 18.1. The highest BCUT2D eigenvalue weighted by molar-refractivity contribution is 5.71. The van der Waals surface area contributed by atoms with Crippen molar-refractivity contribution in [3.63, 3.8) is 0 Å². The molecule has 2 heterocycles. The lowest BCUT2D eigenvalue weighted by molar-refractivity contribution is -0.354. The second-order valence-corrected chi connectivity index (χ2v) is 9.29. The maximum Gasteiger partial charge on any atom is 0.229 e. The largest absolute Gasteiger partial charge is 0.508 e. The van der Waals surface area contributed by atoms with Gasteiger partial charge >= 0.3 is 0 Å². The molecule has 0 aliphatic carbocycles. The van der Waals surface area contributed by atoms with E-state index in [1.54, 1.807) is 30.4 Å². The van der Waals surface area contributed by atoms with Gasteiger partial charge in [-0.15, -0.1) is 0 Å². The third-order valence-corrected chi connectivity index (χ3v) is 6.45.